The number of hydrogen-bond donors (Lipinski definition) is 2. The first-order chi connectivity index (χ1) is 20.7. The zero-order valence-electron chi connectivity index (χ0n) is 27.4. The van der Waals surface area contributed by atoms with E-state index in [1.165, 1.54) is 30.6 Å². The van der Waals surface area contributed by atoms with Crippen molar-refractivity contribution >= 4 is 18.1 Å². The molecule has 2 aromatic rings. The third-order valence-electron chi connectivity index (χ3n) is 6.72. The molecule has 44 heavy (non-hydrogen) atoms. The average molecular weight is 616 g/mol. The van der Waals surface area contributed by atoms with Crippen molar-refractivity contribution in [1.82, 2.24) is 20.4 Å². The maximum Gasteiger partial charge on any atom is 0.437 e. The molecule has 2 N–H and O–H groups in total. The smallest absolute Gasteiger partial charge is 0.437 e. The Bertz CT molecular complexity index is 1280. The minimum atomic E-state index is -0.938. The molecule has 12 heteroatoms. The van der Waals surface area contributed by atoms with E-state index in [1.807, 2.05) is 25.1 Å². The molecule has 1 fully saturated rings. The number of aliphatic hydroxyl groups excluding tert-OH is 1. The van der Waals surface area contributed by atoms with Crippen molar-refractivity contribution in [3.8, 4) is 17.1 Å². The number of carbonyl (C=O) groups excluding carboxylic acids is 2. The van der Waals surface area contributed by atoms with Crippen molar-refractivity contribution in [3.05, 3.63) is 29.7 Å². The Kier molecular flexibility index (Phi) is 12.2. The van der Waals surface area contributed by atoms with E-state index >= 15 is 0 Å². The summed E-state index contributed by atoms with van der Waals surface area (Å²) in [6.45, 7) is 15.4. The van der Waals surface area contributed by atoms with Gasteiger partial charge in [-0.2, -0.15) is 4.98 Å². The highest BCUT2D eigenvalue weighted by atomic mass is 16.6. The number of aliphatic imine (C=N–C) groups is 1. The summed E-state index contributed by atoms with van der Waals surface area (Å²) in [4.78, 5) is 35.4. The Morgan fingerprint density at radius 1 is 1.07 bits per heavy atom. The molecule has 0 bridgehead atoms. The lowest BCUT2D eigenvalue weighted by Gasteiger charge is -2.28. The molecule has 1 saturated heterocycles. The fourth-order valence-corrected chi connectivity index (χ4v) is 4.73. The second-order valence-corrected chi connectivity index (χ2v) is 13.1. The summed E-state index contributed by atoms with van der Waals surface area (Å²) in [5.74, 6) is 1.08. The number of aromatic nitrogens is 2. The quantitative estimate of drug-likeness (QED) is 0.168. The minimum Gasteiger partial charge on any atom is -0.493 e. The van der Waals surface area contributed by atoms with Crippen molar-refractivity contribution in [3.63, 3.8) is 0 Å². The van der Waals surface area contributed by atoms with Gasteiger partial charge in [-0.3, -0.25) is 5.32 Å². The zero-order valence-corrected chi connectivity index (χ0v) is 27.4. The third kappa shape index (κ3) is 10.8. The predicted octanol–water partition coefficient (Wildman–Crippen LogP) is 6.71. The van der Waals surface area contributed by atoms with Crippen LogP contribution in [-0.2, 0) is 9.47 Å². The van der Waals surface area contributed by atoms with Crippen LogP contribution in [0.2, 0.25) is 0 Å². The number of benzene rings is 1. The molecule has 12 nitrogen and oxygen atoms in total. The number of nitrogens with one attached hydrogen (secondary N) is 1. The molecule has 0 aliphatic carbocycles. The van der Waals surface area contributed by atoms with Crippen LogP contribution in [0.1, 0.15) is 111 Å². The van der Waals surface area contributed by atoms with Crippen molar-refractivity contribution in [2.75, 3.05) is 13.2 Å². The number of rotatable bonds is 10. The van der Waals surface area contributed by atoms with Crippen LogP contribution < -0.4 is 10.1 Å². The Balaban J connectivity index is 1.78. The Morgan fingerprint density at radius 3 is 2.41 bits per heavy atom. The number of alkyl carbamates (subject to hydrolysis) is 1. The Labute approximate surface area is 260 Å². The molecule has 3 rings (SSSR count). The monoisotopic (exact) mass is 615 g/mol. The standard InChI is InChI=1S/C32H49N5O7/c1-9-10-11-12-13-14-19-41-24-16-15-22(20-21(24)2)26-33-27(44-36-26)25-23(38)17-18-37(25)28(34-29(39)42-31(3,4)5)35-30(40)43-32(6,7)8/h15-16,20,23,25,38H,9-14,17-19H2,1-8H3,(H,34,35,39,40)/t23-,25-/m0/s1. The highest BCUT2D eigenvalue weighted by Crippen LogP contribution is 2.33. The molecule has 0 saturated carbocycles. The summed E-state index contributed by atoms with van der Waals surface area (Å²) in [5, 5.41) is 17.6. The molecule has 1 aromatic heterocycles. The zero-order chi connectivity index (χ0) is 32.5. The lowest BCUT2D eigenvalue weighted by Crippen LogP contribution is -2.47. The number of ether oxygens (including phenoxy) is 3. The fourth-order valence-electron chi connectivity index (χ4n) is 4.73. The molecule has 1 aliphatic rings. The molecule has 0 spiro atoms. The van der Waals surface area contributed by atoms with E-state index in [0.717, 1.165) is 29.7 Å². The molecule has 1 aliphatic heterocycles. The highest BCUT2D eigenvalue weighted by Gasteiger charge is 2.41. The lowest BCUT2D eigenvalue weighted by atomic mass is 10.1. The van der Waals surface area contributed by atoms with Gasteiger partial charge in [0.15, 0.2) is 0 Å². The summed E-state index contributed by atoms with van der Waals surface area (Å²) in [5.41, 5.74) is 0.0589. The van der Waals surface area contributed by atoms with Gasteiger partial charge >= 0.3 is 12.2 Å². The number of guanidine groups is 1. The second-order valence-electron chi connectivity index (χ2n) is 13.1. The molecule has 1 aromatic carbocycles. The maximum atomic E-state index is 12.7. The van der Waals surface area contributed by atoms with Gasteiger partial charge in [-0.15, -0.1) is 4.99 Å². The number of unbranched alkanes of at least 4 members (excludes halogenated alkanes) is 5. The van der Waals surface area contributed by atoms with Crippen molar-refractivity contribution in [2.24, 2.45) is 4.99 Å². The van der Waals surface area contributed by atoms with Gasteiger partial charge in [0, 0.05) is 12.1 Å². The summed E-state index contributed by atoms with van der Waals surface area (Å²) in [6, 6.07) is 4.80. The highest BCUT2D eigenvalue weighted by molar-refractivity contribution is 5.99. The molecular weight excluding hydrogens is 566 g/mol. The van der Waals surface area contributed by atoms with Crippen molar-refractivity contribution in [1.29, 1.82) is 0 Å². The summed E-state index contributed by atoms with van der Waals surface area (Å²) < 4.78 is 22.3. The van der Waals surface area contributed by atoms with Gasteiger partial charge in [0.25, 0.3) is 5.89 Å². The van der Waals surface area contributed by atoms with Gasteiger partial charge in [0.2, 0.25) is 11.8 Å². The number of aryl methyl sites for hydroxylation is 1. The molecule has 2 atom stereocenters. The summed E-state index contributed by atoms with van der Waals surface area (Å²) >= 11 is 0. The van der Waals surface area contributed by atoms with Crippen molar-refractivity contribution < 1.29 is 33.4 Å². The van der Waals surface area contributed by atoms with Crippen molar-refractivity contribution in [2.45, 2.75) is 124 Å². The molecule has 244 valence electrons. The van der Waals surface area contributed by atoms with Gasteiger partial charge in [0.05, 0.1) is 12.7 Å². The number of likely N-dealkylation sites (tertiary alicyclic amines) is 1. The van der Waals surface area contributed by atoms with Gasteiger partial charge < -0.3 is 28.7 Å². The number of nitrogens with zero attached hydrogens (tertiary/aromatic N) is 4. The molecule has 0 unspecified atom stereocenters. The van der Waals surface area contributed by atoms with Crippen LogP contribution in [-0.4, -0.2) is 68.8 Å². The molecule has 2 amide bonds. The normalized spacial score (nSPS) is 17.5. The Hall–Kier alpha value is -3.67. The summed E-state index contributed by atoms with van der Waals surface area (Å²) in [6.07, 6.45) is 4.81. The van der Waals surface area contributed by atoms with Crippen LogP contribution in [0.4, 0.5) is 9.59 Å². The van der Waals surface area contributed by atoms with E-state index in [4.69, 9.17) is 18.7 Å². The van der Waals surface area contributed by atoms with E-state index in [9.17, 15) is 14.7 Å². The third-order valence-corrected chi connectivity index (χ3v) is 6.72. The number of hydrogen-bond acceptors (Lipinski definition) is 9. The van der Waals surface area contributed by atoms with Crippen LogP contribution in [0, 0.1) is 6.92 Å². The Morgan fingerprint density at radius 2 is 1.75 bits per heavy atom. The topological polar surface area (TPSA) is 149 Å². The first-order valence-corrected chi connectivity index (χ1v) is 15.5. The van der Waals surface area contributed by atoms with Gasteiger partial charge in [-0.05, 0) is 85.1 Å². The summed E-state index contributed by atoms with van der Waals surface area (Å²) in [7, 11) is 0. The van der Waals surface area contributed by atoms with Gasteiger partial charge in [-0.25, -0.2) is 9.59 Å². The van der Waals surface area contributed by atoms with E-state index < -0.39 is 35.5 Å². The number of aliphatic hydroxyl groups is 1. The molecule has 0 radical (unpaired) electrons. The van der Waals surface area contributed by atoms with Crippen LogP contribution >= 0.6 is 0 Å². The number of carbonyl (C=O) groups is 2. The first-order valence-electron chi connectivity index (χ1n) is 15.5. The van der Waals surface area contributed by atoms with E-state index in [0.29, 0.717) is 18.9 Å². The molecule has 2 heterocycles. The number of amides is 2. The van der Waals surface area contributed by atoms with E-state index in [1.54, 1.807) is 41.5 Å². The van der Waals surface area contributed by atoms with Crippen LogP contribution in [0.25, 0.3) is 11.4 Å². The van der Waals surface area contributed by atoms with E-state index in [-0.39, 0.29) is 18.4 Å². The lowest BCUT2D eigenvalue weighted by molar-refractivity contribution is 0.0546. The van der Waals surface area contributed by atoms with Crippen LogP contribution in [0.15, 0.2) is 27.7 Å². The predicted molar refractivity (Wildman–Crippen MR) is 166 cm³/mol. The average Bonchev–Trinajstić information content (AvgIpc) is 3.53. The molecular formula is C32H49N5O7. The van der Waals surface area contributed by atoms with Crippen LogP contribution in [0.5, 0.6) is 5.75 Å². The minimum absolute atomic E-state index is 0.105. The van der Waals surface area contributed by atoms with Gasteiger partial charge in [0.1, 0.15) is 23.0 Å². The second kappa shape index (κ2) is 15.4. The van der Waals surface area contributed by atoms with Crippen LogP contribution in [0.3, 0.4) is 0 Å². The SMILES string of the molecule is CCCCCCCCOc1ccc(-c2noc([C@@H]3[C@@H](O)CCN3C(=NC(=O)OC(C)(C)C)NC(=O)OC(C)(C)C)n2)cc1C. The van der Waals surface area contributed by atoms with Gasteiger partial charge in [-0.1, -0.05) is 44.2 Å². The van der Waals surface area contributed by atoms with E-state index in [2.05, 4.69) is 27.4 Å². The maximum absolute atomic E-state index is 12.7. The fraction of sp³-hybridized carbons (Fsp3) is 0.656. The first kappa shape index (κ1) is 34.8. The largest absolute Gasteiger partial charge is 0.493 e.